The molecule has 0 amide bonds. The van der Waals surface area contributed by atoms with Crippen LogP contribution in [-0.4, -0.2) is 8.42 Å². The van der Waals surface area contributed by atoms with E-state index in [0.29, 0.717) is 4.90 Å². The summed E-state index contributed by atoms with van der Waals surface area (Å²) in [5.74, 6) is 0. The minimum Gasteiger partial charge on any atom is -0.223 e. The number of rotatable bonds is 4. The first-order valence-electron chi connectivity index (χ1n) is 7.49. The summed E-state index contributed by atoms with van der Waals surface area (Å²) in [5, 5.41) is -0.702. The first kappa shape index (κ1) is 15.5. The maximum Gasteiger partial charge on any atom is 0.189 e. The lowest BCUT2D eigenvalue weighted by Gasteiger charge is -2.19. The fraction of sp³-hybridized carbons (Fsp3) is 0.100. The van der Waals surface area contributed by atoms with Crippen molar-refractivity contribution in [3.63, 3.8) is 0 Å². The third kappa shape index (κ3) is 3.20. The minimum absolute atomic E-state index is 0.357. The van der Waals surface area contributed by atoms with Gasteiger partial charge in [0.15, 0.2) is 9.84 Å². The Morgan fingerprint density at radius 1 is 0.696 bits per heavy atom. The van der Waals surface area contributed by atoms with Crippen molar-refractivity contribution in [2.45, 2.75) is 17.1 Å². The van der Waals surface area contributed by atoms with Crippen LogP contribution >= 0.6 is 0 Å². The first-order valence-corrected chi connectivity index (χ1v) is 9.04. The summed E-state index contributed by atoms with van der Waals surface area (Å²) in [6, 6.07) is 25.8. The Labute approximate surface area is 137 Å². The normalized spacial score (nSPS) is 11.6. The van der Waals surface area contributed by atoms with Crippen molar-refractivity contribution < 1.29 is 8.42 Å². The molecule has 0 radical (unpaired) electrons. The Morgan fingerprint density at radius 2 is 1.22 bits per heavy atom. The molecule has 0 aliphatic heterocycles. The summed E-state index contributed by atoms with van der Waals surface area (Å²) in [7, 11) is -3.53. The predicted octanol–water partition coefficient (Wildman–Crippen LogP) is 4.56. The smallest absolute Gasteiger partial charge is 0.189 e. The van der Waals surface area contributed by atoms with Gasteiger partial charge in [0.25, 0.3) is 0 Å². The van der Waals surface area contributed by atoms with Crippen LogP contribution in [0.25, 0.3) is 0 Å². The second kappa shape index (κ2) is 6.39. The van der Waals surface area contributed by atoms with Crippen molar-refractivity contribution >= 4 is 9.84 Å². The topological polar surface area (TPSA) is 34.1 Å². The predicted molar refractivity (Wildman–Crippen MR) is 93.1 cm³/mol. The zero-order chi connectivity index (χ0) is 16.3. The van der Waals surface area contributed by atoms with Crippen LogP contribution in [0.4, 0.5) is 0 Å². The van der Waals surface area contributed by atoms with Gasteiger partial charge in [0, 0.05) is 0 Å². The molecule has 2 nitrogen and oxygen atoms in total. The lowest BCUT2D eigenvalue weighted by Crippen LogP contribution is -2.15. The fourth-order valence-corrected chi connectivity index (χ4v) is 4.66. The summed E-state index contributed by atoms with van der Waals surface area (Å²) < 4.78 is 26.6. The molecule has 0 fully saturated rings. The van der Waals surface area contributed by atoms with Crippen molar-refractivity contribution in [3.8, 4) is 0 Å². The number of hydrogen-bond donors (Lipinski definition) is 0. The first-order chi connectivity index (χ1) is 11.1. The Hall–Kier alpha value is -2.39. The molecule has 0 aliphatic rings. The number of hydrogen-bond acceptors (Lipinski definition) is 2. The number of sulfone groups is 1. The maximum absolute atomic E-state index is 13.3. The van der Waals surface area contributed by atoms with Crippen molar-refractivity contribution in [3.05, 3.63) is 102 Å². The zero-order valence-corrected chi connectivity index (χ0v) is 13.7. The molecular weight excluding hydrogens is 304 g/mol. The quantitative estimate of drug-likeness (QED) is 0.706. The third-order valence-electron chi connectivity index (χ3n) is 3.83. The Balaban J connectivity index is 2.20. The molecule has 0 aliphatic carbocycles. The number of benzene rings is 3. The van der Waals surface area contributed by atoms with Gasteiger partial charge in [-0.3, -0.25) is 0 Å². The van der Waals surface area contributed by atoms with Gasteiger partial charge in [-0.25, -0.2) is 8.42 Å². The molecule has 0 saturated heterocycles. The van der Waals surface area contributed by atoms with Crippen LogP contribution < -0.4 is 0 Å². The average Bonchev–Trinajstić information content (AvgIpc) is 2.57. The van der Waals surface area contributed by atoms with Crippen LogP contribution in [0.5, 0.6) is 0 Å². The maximum atomic E-state index is 13.3. The van der Waals surface area contributed by atoms with E-state index in [1.807, 2.05) is 73.7 Å². The zero-order valence-electron chi connectivity index (χ0n) is 12.9. The van der Waals surface area contributed by atoms with Crippen LogP contribution in [-0.2, 0) is 9.84 Å². The van der Waals surface area contributed by atoms with E-state index < -0.39 is 15.1 Å². The molecule has 0 N–H and O–H groups in total. The van der Waals surface area contributed by atoms with Crippen LogP contribution in [0.1, 0.15) is 21.9 Å². The highest BCUT2D eigenvalue weighted by atomic mass is 32.2. The van der Waals surface area contributed by atoms with E-state index in [1.54, 1.807) is 18.2 Å². The second-order valence-electron chi connectivity index (χ2n) is 5.56. The van der Waals surface area contributed by atoms with Crippen molar-refractivity contribution in [1.29, 1.82) is 0 Å². The van der Waals surface area contributed by atoms with Crippen molar-refractivity contribution in [1.82, 2.24) is 0 Å². The van der Waals surface area contributed by atoms with E-state index in [-0.39, 0.29) is 0 Å². The van der Waals surface area contributed by atoms with Crippen molar-refractivity contribution in [2.24, 2.45) is 0 Å². The Bertz CT molecular complexity index is 846. The molecule has 0 heterocycles. The van der Waals surface area contributed by atoms with Gasteiger partial charge in [-0.1, -0.05) is 72.8 Å². The lowest BCUT2D eigenvalue weighted by atomic mass is 10.0. The molecule has 0 spiro atoms. The van der Waals surface area contributed by atoms with Gasteiger partial charge in [-0.05, 0) is 35.7 Å². The molecule has 0 saturated carbocycles. The third-order valence-corrected chi connectivity index (χ3v) is 5.91. The average molecular weight is 322 g/mol. The van der Waals surface area contributed by atoms with Gasteiger partial charge in [-0.15, -0.1) is 0 Å². The molecule has 0 aromatic heterocycles. The summed E-state index contributed by atoms with van der Waals surface area (Å²) in [5.41, 5.74) is 2.49. The lowest BCUT2D eigenvalue weighted by molar-refractivity contribution is 0.589. The molecular formula is C20H18O2S. The summed E-state index contributed by atoms with van der Waals surface area (Å²) in [4.78, 5) is 0.357. The highest BCUT2D eigenvalue weighted by Gasteiger charge is 2.30. The van der Waals surface area contributed by atoms with Gasteiger partial charge in [0.1, 0.15) is 5.25 Å². The SMILES string of the molecule is Cc1cccc(S(=O)(=O)C(c2ccccc2)c2ccccc2)c1. The molecule has 0 atom stereocenters. The Kier molecular flexibility index (Phi) is 4.30. The largest absolute Gasteiger partial charge is 0.223 e. The highest BCUT2D eigenvalue weighted by Crippen LogP contribution is 2.35. The molecule has 3 aromatic carbocycles. The van der Waals surface area contributed by atoms with Crippen LogP contribution in [0.2, 0.25) is 0 Å². The Morgan fingerprint density at radius 3 is 1.70 bits per heavy atom. The molecule has 116 valence electrons. The minimum atomic E-state index is -3.53. The molecule has 23 heavy (non-hydrogen) atoms. The van der Waals surface area contributed by atoms with Crippen LogP contribution in [0.3, 0.4) is 0 Å². The van der Waals surface area contributed by atoms with Gasteiger partial charge in [0.2, 0.25) is 0 Å². The molecule has 3 aromatic rings. The monoisotopic (exact) mass is 322 g/mol. The molecule has 3 rings (SSSR count). The second-order valence-corrected chi connectivity index (χ2v) is 7.60. The van der Waals surface area contributed by atoms with E-state index in [9.17, 15) is 8.42 Å². The van der Waals surface area contributed by atoms with E-state index in [4.69, 9.17) is 0 Å². The van der Waals surface area contributed by atoms with E-state index in [2.05, 4.69) is 0 Å². The molecule has 0 bridgehead atoms. The van der Waals surface area contributed by atoms with Gasteiger partial charge in [0.05, 0.1) is 4.90 Å². The summed E-state index contributed by atoms with van der Waals surface area (Å²) >= 11 is 0. The fourth-order valence-electron chi connectivity index (χ4n) is 2.73. The molecule has 3 heteroatoms. The van der Waals surface area contributed by atoms with E-state index in [1.165, 1.54) is 0 Å². The summed E-state index contributed by atoms with van der Waals surface area (Å²) in [6.07, 6.45) is 0. The van der Waals surface area contributed by atoms with Crippen molar-refractivity contribution in [2.75, 3.05) is 0 Å². The van der Waals surface area contributed by atoms with Crippen LogP contribution in [0, 0.1) is 6.92 Å². The van der Waals surface area contributed by atoms with Gasteiger partial charge >= 0.3 is 0 Å². The molecule has 0 unspecified atom stereocenters. The standard InChI is InChI=1S/C20H18O2S/c1-16-9-8-14-19(15-16)23(21,22)20(17-10-4-2-5-11-17)18-12-6-3-7-13-18/h2-15,20H,1H3. The van der Waals surface area contributed by atoms with Crippen LogP contribution in [0.15, 0.2) is 89.8 Å². The summed E-state index contributed by atoms with van der Waals surface area (Å²) in [6.45, 7) is 1.90. The van der Waals surface area contributed by atoms with Gasteiger partial charge in [-0.2, -0.15) is 0 Å². The number of aryl methyl sites for hydroxylation is 1. The van der Waals surface area contributed by atoms with Gasteiger partial charge < -0.3 is 0 Å². The van der Waals surface area contributed by atoms with E-state index >= 15 is 0 Å². The van der Waals surface area contributed by atoms with E-state index in [0.717, 1.165) is 16.7 Å². The highest BCUT2D eigenvalue weighted by molar-refractivity contribution is 7.91.